The summed E-state index contributed by atoms with van der Waals surface area (Å²) in [6, 6.07) is 14.6. The molecule has 0 radical (unpaired) electrons. The molecular weight excluding hydrogens is 264 g/mol. The second-order valence-corrected chi connectivity index (χ2v) is 4.92. The highest BCUT2D eigenvalue weighted by Crippen LogP contribution is 2.20. The Hall–Kier alpha value is -2.24. The lowest BCUT2D eigenvalue weighted by Crippen LogP contribution is -2.10. The number of nitrogens with two attached hydrogens (primary N) is 1. The molecule has 2 aromatic carbocycles. The zero-order chi connectivity index (χ0) is 14.7. The third-order valence-corrected chi connectivity index (χ3v) is 3.59. The fourth-order valence-corrected chi connectivity index (χ4v) is 2.54. The molecule has 0 aliphatic carbocycles. The predicted molar refractivity (Wildman–Crippen MR) is 81.7 cm³/mol. The minimum Gasteiger partial charge on any atom is -0.378 e. The smallest absolute Gasteiger partial charge is 0.102 e. The molecule has 0 aliphatic rings. The summed E-state index contributed by atoms with van der Waals surface area (Å²) < 4.78 is 7.11. The molecule has 3 rings (SSSR count). The summed E-state index contributed by atoms with van der Waals surface area (Å²) in [7, 11) is 1.66. The molecule has 0 saturated carbocycles. The molecule has 2 N–H and O–H groups in total. The molecular formula is C16H18N4O. The molecule has 0 saturated heterocycles. The summed E-state index contributed by atoms with van der Waals surface area (Å²) in [5, 5.41) is 10.8. The molecule has 5 nitrogen and oxygen atoms in total. The molecule has 0 bridgehead atoms. The normalized spacial score (nSPS) is 11.1. The number of hydrogen-bond acceptors (Lipinski definition) is 4. The molecule has 0 fully saturated rings. The van der Waals surface area contributed by atoms with E-state index in [0.29, 0.717) is 19.7 Å². The standard InChI is InChI=1S/C16H18N4O/c1-21-11-16-15(9-17)18-19-20(16)10-13-7-4-6-12-5-2-3-8-14(12)13/h2-8H,9-11,17H2,1H3. The molecule has 108 valence electrons. The first kappa shape index (κ1) is 13.7. The summed E-state index contributed by atoms with van der Waals surface area (Å²) in [5.74, 6) is 0. The van der Waals surface area contributed by atoms with Gasteiger partial charge in [0.25, 0.3) is 0 Å². The van der Waals surface area contributed by atoms with Crippen molar-refractivity contribution in [3.05, 3.63) is 59.4 Å². The highest BCUT2D eigenvalue weighted by molar-refractivity contribution is 5.85. The van der Waals surface area contributed by atoms with Crippen LogP contribution in [0.25, 0.3) is 10.8 Å². The van der Waals surface area contributed by atoms with Crippen molar-refractivity contribution in [1.29, 1.82) is 0 Å². The van der Waals surface area contributed by atoms with Crippen LogP contribution < -0.4 is 5.73 Å². The summed E-state index contributed by atoms with van der Waals surface area (Å²) in [6.45, 7) is 1.49. The van der Waals surface area contributed by atoms with Crippen LogP contribution in [0.1, 0.15) is 17.0 Å². The van der Waals surface area contributed by atoms with Crippen molar-refractivity contribution in [3.8, 4) is 0 Å². The molecule has 3 aromatic rings. The van der Waals surface area contributed by atoms with Crippen molar-refractivity contribution in [2.24, 2.45) is 5.73 Å². The van der Waals surface area contributed by atoms with E-state index in [4.69, 9.17) is 10.5 Å². The number of methoxy groups -OCH3 is 1. The minimum absolute atomic E-state index is 0.369. The van der Waals surface area contributed by atoms with E-state index in [0.717, 1.165) is 11.4 Å². The molecule has 5 heteroatoms. The van der Waals surface area contributed by atoms with Crippen LogP contribution in [0.4, 0.5) is 0 Å². The van der Waals surface area contributed by atoms with Crippen molar-refractivity contribution in [2.75, 3.05) is 7.11 Å². The summed E-state index contributed by atoms with van der Waals surface area (Å²) in [6.07, 6.45) is 0. The molecule has 1 aromatic heterocycles. The maximum atomic E-state index is 5.71. The van der Waals surface area contributed by atoms with E-state index in [1.54, 1.807) is 7.11 Å². The van der Waals surface area contributed by atoms with Gasteiger partial charge in [0.15, 0.2) is 0 Å². The monoisotopic (exact) mass is 282 g/mol. The molecule has 1 heterocycles. The van der Waals surface area contributed by atoms with Crippen molar-refractivity contribution < 1.29 is 4.74 Å². The molecule has 0 atom stereocenters. The maximum absolute atomic E-state index is 5.71. The Morgan fingerprint density at radius 3 is 2.76 bits per heavy atom. The van der Waals surface area contributed by atoms with E-state index in [2.05, 4.69) is 46.7 Å². The Kier molecular flexibility index (Phi) is 3.94. The van der Waals surface area contributed by atoms with Crippen LogP contribution in [0, 0.1) is 0 Å². The number of benzene rings is 2. The number of rotatable bonds is 5. The van der Waals surface area contributed by atoms with Gasteiger partial charge in [0.2, 0.25) is 0 Å². The molecule has 0 unspecified atom stereocenters. The van der Waals surface area contributed by atoms with Gasteiger partial charge in [0.05, 0.1) is 18.8 Å². The third-order valence-electron chi connectivity index (χ3n) is 3.59. The predicted octanol–water partition coefficient (Wildman–Crippen LogP) is 2.08. The molecule has 0 aliphatic heterocycles. The van der Waals surface area contributed by atoms with Gasteiger partial charge < -0.3 is 10.5 Å². The highest BCUT2D eigenvalue weighted by atomic mass is 16.5. The maximum Gasteiger partial charge on any atom is 0.102 e. The fraction of sp³-hybridized carbons (Fsp3) is 0.250. The SMILES string of the molecule is COCc1c(CN)nnn1Cc1cccc2ccccc12. The van der Waals surface area contributed by atoms with E-state index in [1.807, 2.05) is 10.7 Å². The Morgan fingerprint density at radius 1 is 1.14 bits per heavy atom. The third kappa shape index (κ3) is 2.66. The molecule has 0 spiro atoms. The van der Waals surface area contributed by atoms with E-state index in [9.17, 15) is 0 Å². The van der Waals surface area contributed by atoms with Crippen LogP contribution in [0.2, 0.25) is 0 Å². The van der Waals surface area contributed by atoms with Gasteiger partial charge in [-0.2, -0.15) is 0 Å². The molecule has 0 amide bonds. The second-order valence-electron chi connectivity index (χ2n) is 4.92. The Bertz CT molecular complexity index is 746. The zero-order valence-electron chi connectivity index (χ0n) is 12.0. The first-order valence-electron chi connectivity index (χ1n) is 6.90. The lowest BCUT2D eigenvalue weighted by atomic mass is 10.0. The minimum atomic E-state index is 0.369. The number of aromatic nitrogens is 3. The topological polar surface area (TPSA) is 66.0 Å². The number of ether oxygens (including phenoxy) is 1. The van der Waals surface area contributed by atoms with Crippen molar-refractivity contribution in [2.45, 2.75) is 19.7 Å². The number of nitrogens with zero attached hydrogens (tertiary/aromatic N) is 3. The van der Waals surface area contributed by atoms with Crippen molar-refractivity contribution in [1.82, 2.24) is 15.0 Å². The Morgan fingerprint density at radius 2 is 1.95 bits per heavy atom. The van der Waals surface area contributed by atoms with E-state index in [1.165, 1.54) is 16.3 Å². The second kappa shape index (κ2) is 6.03. The van der Waals surface area contributed by atoms with Gasteiger partial charge in [-0.05, 0) is 16.3 Å². The first-order chi connectivity index (χ1) is 10.3. The largest absolute Gasteiger partial charge is 0.378 e. The van der Waals surface area contributed by atoms with E-state index >= 15 is 0 Å². The van der Waals surface area contributed by atoms with Crippen LogP contribution in [-0.4, -0.2) is 22.1 Å². The average Bonchev–Trinajstić information content (AvgIpc) is 2.90. The van der Waals surface area contributed by atoms with Gasteiger partial charge in [-0.1, -0.05) is 47.7 Å². The highest BCUT2D eigenvalue weighted by Gasteiger charge is 2.12. The number of fused-ring (bicyclic) bond motifs is 1. The zero-order valence-corrected chi connectivity index (χ0v) is 12.0. The van der Waals surface area contributed by atoms with E-state index < -0.39 is 0 Å². The van der Waals surface area contributed by atoms with Crippen LogP contribution in [0.5, 0.6) is 0 Å². The average molecular weight is 282 g/mol. The van der Waals surface area contributed by atoms with Crippen molar-refractivity contribution in [3.63, 3.8) is 0 Å². The van der Waals surface area contributed by atoms with Gasteiger partial charge >= 0.3 is 0 Å². The first-order valence-corrected chi connectivity index (χ1v) is 6.90. The van der Waals surface area contributed by atoms with Crippen LogP contribution in [0.15, 0.2) is 42.5 Å². The van der Waals surface area contributed by atoms with Gasteiger partial charge in [0.1, 0.15) is 5.69 Å². The van der Waals surface area contributed by atoms with Crippen molar-refractivity contribution >= 4 is 10.8 Å². The van der Waals surface area contributed by atoms with Gasteiger partial charge in [0, 0.05) is 13.7 Å². The van der Waals surface area contributed by atoms with Gasteiger partial charge in [-0.25, -0.2) is 4.68 Å². The Labute approximate surface area is 123 Å². The lowest BCUT2D eigenvalue weighted by molar-refractivity contribution is 0.176. The van der Waals surface area contributed by atoms with Crippen LogP contribution in [-0.2, 0) is 24.4 Å². The van der Waals surface area contributed by atoms with Gasteiger partial charge in [-0.15, -0.1) is 5.10 Å². The fourth-order valence-electron chi connectivity index (χ4n) is 2.54. The number of hydrogen-bond donors (Lipinski definition) is 1. The summed E-state index contributed by atoms with van der Waals surface area (Å²) in [4.78, 5) is 0. The van der Waals surface area contributed by atoms with Crippen LogP contribution in [0.3, 0.4) is 0 Å². The Balaban J connectivity index is 2.01. The van der Waals surface area contributed by atoms with E-state index in [-0.39, 0.29) is 0 Å². The van der Waals surface area contributed by atoms with Crippen LogP contribution >= 0.6 is 0 Å². The van der Waals surface area contributed by atoms with Gasteiger partial charge in [-0.3, -0.25) is 0 Å². The summed E-state index contributed by atoms with van der Waals surface area (Å²) in [5.41, 5.74) is 8.64. The summed E-state index contributed by atoms with van der Waals surface area (Å²) >= 11 is 0. The quantitative estimate of drug-likeness (QED) is 0.778. The molecule has 21 heavy (non-hydrogen) atoms. The lowest BCUT2D eigenvalue weighted by Gasteiger charge is -2.09.